The molecule has 1 heterocycles. The Balaban J connectivity index is 1.94. The Bertz CT molecular complexity index is 536. The van der Waals surface area contributed by atoms with E-state index in [2.05, 4.69) is 29.8 Å². The smallest absolute Gasteiger partial charge is 0.167 e. The molecule has 3 rings (SSSR count). The highest BCUT2D eigenvalue weighted by molar-refractivity contribution is 9.10. The Labute approximate surface area is 121 Å². The van der Waals surface area contributed by atoms with Crippen LogP contribution in [0.2, 0.25) is 0 Å². The number of rotatable bonds is 2. The minimum Gasteiger partial charge on any atom is -0.490 e. The fourth-order valence-corrected chi connectivity index (χ4v) is 2.99. The molecule has 2 aliphatic rings. The average Bonchev–Trinajstić information content (AvgIpc) is 3.04. The van der Waals surface area contributed by atoms with Gasteiger partial charge in [-0.25, -0.2) is 0 Å². The molecule has 0 aromatic heterocycles. The number of benzene rings is 1. The molecule has 0 amide bonds. The number of carbonyl (C=O) groups is 1. The largest absolute Gasteiger partial charge is 0.490 e. The normalized spacial score (nSPS) is 23.6. The van der Waals surface area contributed by atoms with E-state index in [1.165, 1.54) is 0 Å². The highest BCUT2D eigenvalue weighted by atomic mass is 79.9. The molecule has 102 valence electrons. The summed E-state index contributed by atoms with van der Waals surface area (Å²) in [6, 6.07) is 3.67. The maximum atomic E-state index is 12.5. The van der Waals surface area contributed by atoms with Crippen molar-refractivity contribution in [3.8, 4) is 11.5 Å². The lowest BCUT2D eigenvalue weighted by molar-refractivity contribution is 0.0952. The van der Waals surface area contributed by atoms with E-state index in [9.17, 15) is 4.79 Å². The number of fused-ring (bicyclic) bond motifs is 1. The van der Waals surface area contributed by atoms with Crippen LogP contribution >= 0.6 is 15.9 Å². The summed E-state index contributed by atoms with van der Waals surface area (Å²) < 4.78 is 12.1. The zero-order valence-corrected chi connectivity index (χ0v) is 12.7. The molecule has 1 saturated carbocycles. The third kappa shape index (κ3) is 2.38. The van der Waals surface area contributed by atoms with Crippen LogP contribution in [0.3, 0.4) is 0 Å². The minimum absolute atomic E-state index is 0.133. The van der Waals surface area contributed by atoms with Gasteiger partial charge in [0.05, 0.1) is 13.2 Å². The summed E-state index contributed by atoms with van der Waals surface area (Å²) in [4.78, 5) is 12.5. The Morgan fingerprint density at radius 3 is 2.42 bits per heavy atom. The minimum atomic E-state index is 0.133. The van der Waals surface area contributed by atoms with E-state index in [1.54, 1.807) is 0 Å². The first-order valence-electron chi connectivity index (χ1n) is 6.62. The third-order valence-corrected chi connectivity index (χ3v) is 4.59. The van der Waals surface area contributed by atoms with Crippen molar-refractivity contribution in [3.05, 3.63) is 22.2 Å². The lowest BCUT2D eigenvalue weighted by Gasteiger charge is -2.11. The van der Waals surface area contributed by atoms with Gasteiger partial charge in [0.25, 0.3) is 0 Å². The molecule has 1 aromatic rings. The quantitative estimate of drug-likeness (QED) is 0.775. The van der Waals surface area contributed by atoms with Gasteiger partial charge in [0.2, 0.25) is 0 Å². The van der Waals surface area contributed by atoms with E-state index < -0.39 is 0 Å². The zero-order chi connectivity index (χ0) is 13.6. The number of carbonyl (C=O) groups excluding carboxylic acids is 1. The SMILES string of the molecule is CC1(C)CC1C(=O)c1cc2c(cc1Br)OCCCO2. The molecule has 0 radical (unpaired) electrons. The number of hydrogen-bond donors (Lipinski definition) is 0. The van der Waals surface area contributed by atoms with Crippen molar-refractivity contribution >= 4 is 21.7 Å². The summed E-state index contributed by atoms with van der Waals surface area (Å²) >= 11 is 3.48. The van der Waals surface area contributed by atoms with Crippen LogP contribution in [-0.2, 0) is 0 Å². The molecule has 0 N–H and O–H groups in total. The van der Waals surface area contributed by atoms with Gasteiger partial charge in [0.15, 0.2) is 17.3 Å². The van der Waals surface area contributed by atoms with Crippen LogP contribution in [-0.4, -0.2) is 19.0 Å². The molecule has 0 spiro atoms. The third-order valence-electron chi connectivity index (χ3n) is 3.93. The first kappa shape index (κ1) is 13.0. The van der Waals surface area contributed by atoms with Crippen LogP contribution in [0, 0.1) is 11.3 Å². The van der Waals surface area contributed by atoms with E-state index >= 15 is 0 Å². The van der Waals surface area contributed by atoms with Crippen molar-refractivity contribution in [1.82, 2.24) is 0 Å². The van der Waals surface area contributed by atoms with Gasteiger partial charge in [-0.15, -0.1) is 0 Å². The molecule has 0 bridgehead atoms. The van der Waals surface area contributed by atoms with Crippen molar-refractivity contribution in [2.24, 2.45) is 11.3 Å². The van der Waals surface area contributed by atoms with Crippen molar-refractivity contribution in [3.63, 3.8) is 0 Å². The number of ketones is 1. The molecule has 1 aromatic carbocycles. The van der Waals surface area contributed by atoms with Gasteiger partial charge in [0, 0.05) is 22.4 Å². The molecule has 1 unspecified atom stereocenters. The van der Waals surface area contributed by atoms with Gasteiger partial charge in [0.1, 0.15) is 0 Å². The maximum Gasteiger partial charge on any atom is 0.167 e. The van der Waals surface area contributed by atoms with Crippen molar-refractivity contribution < 1.29 is 14.3 Å². The van der Waals surface area contributed by atoms with Gasteiger partial charge in [-0.2, -0.15) is 0 Å². The van der Waals surface area contributed by atoms with E-state index in [-0.39, 0.29) is 17.1 Å². The van der Waals surface area contributed by atoms with Gasteiger partial charge >= 0.3 is 0 Å². The molecule has 1 fully saturated rings. The summed E-state index contributed by atoms with van der Waals surface area (Å²) in [5.41, 5.74) is 0.848. The predicted octanol–water partition coefficient (Wildman–Crippen LogP) is 3.84. The summed E-state index contributed by atoms with van der Waals surface area (Å²) in [6.45, 7) is 5.55. The molecule has 1 aliphatic carbocycles. The fraction of sp³-hybridized carbons (Fsp3) is 0.533. The number of halogens is 1. The van der Waals surface area contributed by atoms with Crippen molar-refractivity contribution in [1.29, 1.82) is 0 Å². The highest BCUT2D eigenvalue weighted by Gasteiger charge is 2.50. The second-order valence-electron chi connectivity index (χ2n) is 5.94. The van der Waals surface area contributed by atoms with Crippen LogP contribution in [0.5, 0.6) is 11.5 Å². The van der Waals surface area contributed by atoms with Crippen molar-refractivity contribution in [2.45, 2.75) is 26.7 Å². The molecule has 19 heavy (non-hydrogen) atoms. The van der Waals surface area contributed by atoms with Gasteiger partial charge in [-0.05, 0) is 39.9 Å². The van der Waals surface area contributed by atoms with E-state index in [4.69, 9.17) is 9.47 Å². The fourth-order valence-electron chi connectivity index (χ4n) is 2.48. The molecule has 4 heteroatoms. The average molecular weight is 325 g/mol. The predicted molar refractivity (Wildman–Crippen MR) is 76.0 cm³/mol. The van der Waals surface area contributed by atoms with Gasteiger partial charge in [-0.3, -0.25) is 4.79 Å². The van der Waals surface area contributed by atoms with Crippen LogP contribution in [0.15, 0.2) is 16.6 Å². The Morgan fingerprint density at radius 1 is 1.26 bits per heavy atom. The first-order valence-corrected chi connectivity index (χ1v) is 7.42. The Hall–Kier alpha value is -1.03. The standard InChI is InChI=1S/C15H17BrO3/c1-15(2)8-10(15)14(17)9-6-12-13(7-11(9)16)19-5-3-4-18-12/h6-7,10H,3-5,8H2,1-2H3. The molecule has 1 atom stereocenters. The summed E-state index contributed by atoms with van der Waals surface area (Å²) in [7, 11) is 0. The molecular formula is C15H17BrO3. The van der Waals surface area contributed by atoms with E-state index in [0.29, 0.717) is 24.5 Å². The molecule has 1 aliphatic heterocycles. The summed E-state index contributed by atoms with van der Waals surface area (Å²) in [6.07, 6.45) is 1.83. The summed E-state index contributed by atoms with van der Waals surface area (Å²) in [5.74, 6) is 1.74. The van der Waals surface area contributed by atoms with Crippen LogP contribution in [0.1, 0.15) is 37.0 Å². The molecular weight excluding hydrogens is 308 g/mol. The second-order valence-corrected chi connectivity index (χ2v) is 6.79. The molecule has 0 saturated heterocycles. The lowest BCUT2D eigenvalue weighted by atomic mass is 10.0. The topological polar surface area (TPSA) is 35.5 Å². The number of Topliss-reactive ketones (excluding diaryl/α,β-unsaturated/α-hetero) is 1. The first-order chi connectivity index (χ1) is 8.99. The van der Waals surface area contributed by atoms with E-state index in [0.717, 1.165) is 23.1 Å². The molecule has 3 nitrogen and oxygen atoms in total. The van der Waals surface area contributed by atoms with Crippen LogP contribution in [0.4, 0.5) is 0 Å². The summed E-state index contributed by atoms with van der Waals surface area (Å²) in [5, 5.41) is 0. The zero-order valence-electron chi connectivity index (χ0n) is 11.2. The maximum absolute atomic E-state index is 12.5. The second kappa shape index (κ2) is 4.51. The Morgan fingerprint density at radius 2 is 1.84 bits per heavy atom. The van der Waals surface area contributed by atoms with E-state index in [1.807, 2.05) is 12.1 Å². The number of hydrogen-bond acceptors (Lipinski definition) is 3. The number of ether oxygens (including phenoxy) is 2. The Kier molecular flexibility index (Phi) is 3.08. The van der Waals surface area contributed by atoms with Crippen LogP contribution in [0.25, 0.3) is 0 Å². The van der Waals surface area contributed by atoms with Crippen LogP contribution < -0.4 is 9.47 Å². The van der Waals surface area contributed by atoms with Gasteiger partial charge < -0.3 is 9.47 Å². The van der Waals surface area contributed by atoms with Crippen molar-refractivity contribution in [2.75, 3.05) is 13.2 Å². The highest BCUT2D eigenvalue weighted by Crippen LogP contribution is 2.54. The lowest BCUT2D eigenvalue weighted by Crippen LogP contribution is -2.08. The monoisotopic (exact) mass is 324 g/mol. The van der Waals surface area contributed by atoms with Gasteiger partial charge in [-0.1, -0.05) is 13.8 Å².